The summed E-state index contributed by atoms with van der Waals surface area (Å²) in [6.45, 7) is 1.67. The van der Waals surface area contributed by atoms with Crippen molar-refractivity contribution in [3.63, 3.8) is 0 Å². The van der Waals surface area contributed by atoms with Crippen molar-refractivity contribution in [1.29, 1.82) is 10.5 Å². The van der Waals surface area contributed by atoms with E-state index in [2.05, 4.69) is 4.98 Å². The minimum atomic E-state index is -1.64. The van der Waals surface area contributed by atoms with Crippen molar-refractivity contribution >= 4 is 18.4 Å². The van der Waals surface area contributed by atoms with Gasteiger partial charge in [-0.05, 0) is 23.5 Å². The highest BCUT2D eigenvalue weighted by Gasteiger charge is 2.20. The van der Waals surface area contributed by atoms with Gasteiger partial charge in [0.25, 0.3) is 5.56 Å². The molecule has 8 heteroatoms. The van der Waals surface area contributed by atoms with E-state index in [-0.39, 0.29) is 28.0 Å². The van der Waals surface area contributed by atoms with Crippen molar-refractivity contribution in [1.82, 2.24) is 4.98 Å². The highest BCUT2D eigenvalue weighted by atomic mass is 16.4. The number of pyridine rings is 1. The molecule has 0 aliphatic rings. The molecule has 1 aromatic carbocycles. The number of hydrogen-bond donors (Lipinski definition) is 4. The smallest absolute Gasteiger partial charge is 0.423 e. The Kier molecular flexibility index (Phi) is 4.00. The molecular weight excluding hydrogens is 283 g/mol. The lowest BCUT2D eigenvalue weighted by Gasteiger charge is -2.12. The average Bonchev–Trinajstić information content (AvgIpc) is 2.46. The molecule has 5 N–H and O–H groups in total. The summed E-state index contributed by atoms with van der Waals surface area (Å²) in [6, 6.07) is 8.11. The first-order chi connectivity index (χ1) is 10.4. The molecule has 0 saturated carbocycles. The molecule has 0 unspecified atom stereocenters. The molecule has 2 rings (SSSR count). The molecule has 1 aromatic heterocycles. The van der Waals surface area contributed by atoms with Gasteiger partial charge in [-0.1, -0.05) is 18.2 Å². The number of benzene rings is 1. The summed E-state index contributed by atoms with van der Waals surface area (Å²) < 4.78 is 0. The van der Waals surface area contributed by atoms with Crippen molar-refractivity contribution in [3.8, 4) is 23.3 Å². The number of hydrogen-bond acceptors (Lipinski definition) is 6. The second kappa shape index (κ2) is 5.74. The molecule has 0 radical (unpaired) electrons. The van der Waals surface area contributed by atoms with Gasteiger partial charge in [-0.3, -0.25) is 4.79 Å². The molecule has 0 fully saturated rings. The maximum absolute atomic E-state index is 11.9. The third-order valence-corrected chi connectivity index (χ3v) is 3.29. The van der Waals surface area contributed by atoms with Crippen LogP contribution in [0.25, 0.3) is 11.1 Å². The van der Waals surface area contributed by atoms with Crippen LogP contribution in [-0.2, 0) is 0 Å². The lowest BCUT2D eigenvalue weighted by Crippen LogP contribution is -2.30. The number of aromatic amines is 1. The van der Waals surface area contributed by atoms with E-state index in [0.29, 0.717) is 11.1 Å². The minimum Gasteiger partial charge on any atom is -0.423 e. The fraction of sp³-hybridized carbons (Fsp3) is 0.0714. The lowest BCUT2D eigenvalue weighted by atomic mass is 9.78. The number of nitrogens with one attached hydrogen (secondary N) is 1. The Bertz CT molecular complexity index is 891. The van der Waals surface area contributed by atoms with Crippen molar-refractivity contribution in [2.24, 2.45) is 0 Å². The van der Waals surface area contributed by atoms with Gasteiger partial charge < -0.3 is 20.8 Å². The summed E-state index contributed by atoms with van der Waals surface area (Å²) >= 11 is 0. The van der Waals surface area contributed by atoms with Crippen LogP contribution in [0.15, 0.2) is 23.0 Å². The Morgan fingerprint density at radius 3 is 2.36 bits per heavy atom. The third kappa shape index (κ3) is 2.45. The van der Waals surface area contributed by atoms with Gasteiger partial charge in [0.05, 0.1) is 0 Å². The van der Waals surface area contributed by atoms with Crippen molar-refractivity contribution in [3.05, 3.63) is 45.2 Å². The minimum absolute atomic E-state index is 0.00320. The second-order valence-corrected chi connectivity index (χ2v) is 4.66. The van der Waals surface area contributed by atoms with Crippen LogP contribution in [0, 0.1) is 29.6 Å². The molecule has 0 atom stereocenters. The second-order valence-electron chi connectivity index (χ2n) is 4.66. The third-order valence-electron chi connectivity index (χ3n) is 3.29. The van der Waals surface area contributed by atoms with Gasteiger partial charge in [0.15, 0.2) is 0 Å². The van der Waals surface area contributed by atoms with Gasteiger partial charge in [-0.15, -0.1) is 0 Å². The molecule has 0 amide bonds. The number of anilines is 1. The van der Waals surface area contributed by atoms with E-state index in [4.69, 9.17) is 5.73 Å². The molecule has 108 valence electrons. The van der Waals surface area contributed by atoms with Gasteiger partial charge in [0, 0.05) is 5.56 Å². The highest BCUT2D eigenvalue weighted by molar-refractivity contribution is 6.58. The van der Waals surface area contributed by atoms with Crippen LogP contribution >= 0.6 is 0 Å². The van der Waals surface area contributed by atoms with Crippen LogP contribution in [0.1, 0.15) is 16.7 Å². The average molecular weight is 294 g/mol. The number of nitrogens with two attached hydrogens (primary N) is 1. The van der Waals surface area contributed by atoms with Crippen LogP contribution in [0.2, 0.25) is 0 Å². The first-order valence-corrected chi connectivity index (χ1v) is 6.23. The number of rotatable bonds is 2. The summed E-state index contributed by atoms with van der Waals surface area (Å²) in [7, 11) is -1.64. The fourth-order valence-electron chi connectivity index (χ4n) is 2.24. The van der Waals surface area contributed by atoms with Gasteiger partial charge in [-0.25, -0.2) is 0 Å². The standard InChI is InChI=1S/C14H11BN4O3/c1-7-4-8(15(21)22)2-3-9(7)12-10(5-16)13(18)19-14(20)11(12)6-17/h2-4,21-22H,1H3,(H3,18,19,20). The molecule has 0 aliphatic heterocycles. The Morgan fingerprint density at radius 2 is 1.86 bits per heavy atom. The predicted molar refractivity (Wildman–Crippen MR) is 80.9 cm³/mol. The summed E-state index contributed by atoms with van der Waals surface area (Å²) in [5.74, 6) is -0.118. The topological polar surface area (TPSA) is 147 Å². The molecule has 1 heterocycles. The normalized spacial score (nSPS) is 9.86. The van der Waals surface area contributed by atoms with Crippen LogP contribution in [0.3, 0.4) is 0 Å². The Labute approximate surface area is 126 Å². The Balaban J connectivity index is 2.87. The molecule has 2 aromatic rings. The zero-order valence-corrected chi connectivity index (χ0v) is 11.6. The van der Waals surface area contributed by atoms with E-state index in [1.807, 2.05) is 6.07 Å². The zero-order chi connectivity index (χ0) is 16.4. The summed E-state index contributed by atoms with van der Waals surface area (Å²) in [5.41, 5.74) is 6.18. The number of nitrogens with zero attached hydrogens (tertiary/aromatic N) is 2. The van der Waals surface area contributed by atoms with E-state index in [9.17, 15) is 25.4 Å². The zero-order valence-electron chi connectivity index (χ0n) is 11.6. The Hall–Kier alpha value is -3.07. The fourth-order valence-corrected chi connectivity index (χ4v) is 2.24. The maximum atomic E-state index is 11.9. The van der Waals surface area contributed by atoms with Crippen molar-refractivity contribution in [2.75, 3.05) is 5.73 Å². The van der Waals surface area contributed by atoms with Gasteiger partial charge in [0.2, 0.25) is 0 Å². The highest BCUT2D eigenvalue weighted by Crippen LogP contribution is 2.29. The van der Waals surface area contributed by atoms with Gasteiger partial charge in [-0.2, -0.15) is 10.5 Å². The molecule has 0 spiro atoms. The largest absolute Gasteiger partial charge is 0.488 e. The van der Waals surface area contributed by atoms with Gasteiger partial charge >= 0.3 is 7.12 Å². The molecule has 0 aliphatic carbocycles. The summed E-state index contributed by atoms with van der Waals surface area (Å²) in [6.07, 6.45) is 0. The number of aromatic nitrogens is 1. The molecule has 0 saturated heterocycles. The van der Waals surface area contributed by atoms with Crippen LogP contribution in [-0.4, -0.2) is 22.2 Å². The molecule has 7 nitrogen and oxygen atoms in total. The monoisotopic (exact) mass is 294 g/mol. The number of aryl methyl sites for hydroxylation is 1. The number of nitrogen functional groups attached to an aromatic ring is 1. The number of nitriles is 2. The number of H-pyrrole nitrogens is 1. The van der Waals surface area contributed by atoms with Crippen molar-refractivity contribution in [2.45, 2.75) is 6.92 Å². The van der Waals surface area contributed by atoms with Crippen LogP contribution in [0.5, 0.6) is 0 Å². The quantitative estimate of drug-likeness (QED) is 0.541. The maximum Gasteiger partial charge on any atom is 0.488 e. The van der Waals surface area contributed by atoms with Crippen molar-refractivity contribution < 1.29 is 10.0 Å². The van der Waals surface area contributed by atoms with Gasteiger partial charge in [0.1, 0.15) is 29.1 Å². The Morgan fingerprint density at radius 1 is 1.23 bits per heavy atom. The first-order valence-electron chi connectivity index (χ1n) is 6.23. The van der Waals surface area contributed by atoms with Crippen LogP contribution in [0.4, 0.5) is 5.82 Å². The first kappa shape index (κ1) is 15.3. The summed E-state index contributed by atoms with van der Waals surface area (Å²) in [5, 5.41) is 36.8. The predicted octanol–water partition coefficient (Wildman–Crippen LogP) is -0.644. The molecule has 0 bridgehead atoms. The van der Waals surface area contributed by atoms with E-state index >= 15 is 0 Å². The molecule has 22 heavy (non-hydrogen) atoms. The molecular formula is C14H11BN4O3. The SMILES string of the molecule is Cc1cc(B(O)O)ccc1-c1c(C#N)c(N)[nH]c(=O)c1C#N. The lowest BCUT2D eigenvalue weighted by molar-refractivity contribution is 0.426. The van der Waals surface area contributed by atoms with E-state index in [1.165, 1.54) is 18.2 Å². The van der Waals surface area contributed by atoms with Crippen LogP contribution < -0.4 is 16.8 Å². The van der Waals surface area contributed by atoms with E-state index in [1.54, 1.807) is 13.0 Å². The summed E-state index contributed by atoms with van der Waals surface area (Å²) in [4.78, 5) is 14.1. The van der Waals surface area contributed by atoms with E-state index < -0.39 is 12.7 Å². The van der Waals surface area contributed by atoms with E-state index in [0.717, 1.165) is 0 Å².